The van der Waals surface area contributed by atoms with Gasteiger partial charge in [-0.2, -0.15) is 5.10 Å². The summed E-state index contributed by atoms with van der Waals surface area (Å²) in [4.78, 5) is 15.4. The van der Waals surface area contributed by atoms with Crippen molar-refractivity contribution in [1.82, 2.24) is 20.1 Å². The summed E-state index contributed by atoms with van der Waals surface area (Å²) in [5.74, 6) is -0.131. The zero-order valence-corrected chi connectivity index (χ0v) is 14.5. The number of pyridine rings is 1. The van der Waals surface area contributed by atoms with Gasteiger partial charge in [0.1, 0.15) is 4.64 Å². The lowest BCUT2D eigenvalue weighted by Gasteiger charge is -2.28. The summed E-state index contributed by atoms with van der Waals surface area (Å²) in [5, 5.41) is 7.67. The average molecular weight is 330 g/mol. The third-order valence-corrected chi connectivity index (χ3v) is 4.52. The molecule has 2 N–H and O–H groups in total. The Morgan fingerprint density at radius 3 is 2.96 bits per heavy atom. The normalized spacial score (nSPS) is 17.6. The first-order chi connectivity index (χ1) is 10.9. The highest BCUT2D eigenvalue weighted by atomic mass is 32.1. The molecule has 0 radical (unpaired) electrons. The van der Waals surface area contributed by atoms with Crippen molar-refractivity contribution >= 4 is 18.1 Å². The van der Waals surface area contributed by atoms with E-state index in [0.717, 1.165) is 24.8 Å². The van der Waals surface area contributed by atoms with Gasteiger partial charge in [0.15, 0.2) is 0 Å². The summed E-state index contributed by atoms with van der Waals surface area (Å²) in [7, 11) is 0. The van der Waals surface area contributed by atoms with Gasteiger partial charge in [0.2, 0.25) is 0 Å². The Morgan fingerprint density at radius 1 is 1.48 bits per heavy atom. The molecule has 1 atom stereocenters. The van der Waals surface area contributed by atoms with Crippen molar-refractivity contribution in [3.05, 3.63) is 46.0 Å². The second-order valence-electron chi connectivity index (χ2n) is 6.96. The molecule has 1 aliphatic carbocycles. The fraction of sp³-hybridized carbons (Fsp3) is 0.471. The molecular weight excluding hydrogens is 308 g/mol. The fourth-order valence-electron chi connectivity index (χ4n) is 3.12. The van der Waals surface area contributed by atoms with E-state index in [4.69, 9.17) is 12.2 Å². The van der Waals surface area contributed by atoms with E-state index >= 15 is 0 Å². The molecule has 1 aliphatic rings. The van der Waals surface area contributed by atoms with Crippen LogP contribution in [0.2, 0.25) is 0 Å². The SMILES string of the molecule is CC(C)(C)n1ncc2c1CCCC2NC(=O)c1ccc[nH]c1=S. The third kappa shape index (κ3) is 3.08. The Kier molecular flexibility index (Phi) is 4.10. The number of nitrogens with one attached hydrogen (secondary N) is 2. The van der Waals surface area contributed by atoms with Crippen molar-refractivity contribution in [2.75, 3.05) is 0 Å². The number of H-pyrrole nitrogens is 1. The fourth-order valence-corrected chi connectivity index (χ4v) is 3.35. The van der Waals surface area contributed by atoms with Gasteiger partial charge in [-0.1, -0.05) is 12.2 Å². The molecule has 23 heavy (non-hydrogen) atoms. The lowest BCUT2D eigenvalue weighted by molar-refractivity contribution is 0.0931. The first-order valence-electron chi connectivity index (χ1n) is 7.94. The van der Waals surface area contributed by atoms with Gasteiger partial charge in [0, 0.05) is 17.5 Å². The first-order valence-corrected chi connectivity index (χ1v) is 8.34. The van der Waals surface area contributed by atoms with Crippen molar-refractivity contribution in [3.8, 4) is 0 Å². The van der Waals surface area contributed by atoms with Gasteiger partial charge in [-0.3, -0.25) is 9.48 Å². The van der Waals surface area contributed by atoms with E-state index in [1.165, 1.54) is 5.69 Å². The third-order valence-electron chi connectivity index (χ3n) is 4.19. The summed E-state index contributed by atoms with van der Waals surface area (Å²) < 4.78 is 2.54. The Balaban J connectivity index is 1.87. The quantitative estimate of drug-likeness (QED) is 0.828. The topological polar surface area (TPSA) is 62.7 Å². The number of carbonyl (C=O) groups is 1. The highest BCUT2D eigenvalue weighted by molar-refractivity contribution is 7.71. The van der Waals surface area contributed by atoms with Crippen LogP contribution in [0.15, 0.2) is 24.5 Å². The summed E-state index contributed by atoms with van der Waals surface area (Å²) in [6, 6.07) is 3.53. The number of aromatic nitrogens is 3. The van der Waals surface area contributed by atoms with E-state index in [1.54, 1.807) is 18.3 Å². The van der Waals surface area contributed by atoms with Crippen molar-refractivity contribution in [2.45, 2.75) is 51.6 Å². The average Bonchev–Trinajstić information content (AvgIpc) is 2.92. The van der Waals surface area contributed by atoms with Gasteiger partial charge >= 0.3 is 0 Å². The van der Waals surface area contributed by atoms with Crippen LogP contribution in [0.25, 0.3) is 0 Å². The van der Waals surface area contributed by atoms with Gasteiger partial charge in [0.25, 0.3) is 5.91 Å². The molecule has 0 spiro atoms. The number of hydrogen-bond donors (Lipinski definition) is 2. The van der Waals surface area contributed by atoms with Crippen LogP contribution >= 0.6 is 12.2 Å². The van der Waals surface area contributed by atoms with Crippen LogP contribution in [0.5, 0.6) is 0 Å². The number of aromatic amines is 1. The minimum Gasteiger partial charge on any atom is -0.352 e. The molecule has 2 heterocycles. The van der Waals surface area contributed by atoms with E-state index in [0.29, 0.717) is 10.2 Å². The molecule has 0 saturated heterocycles. The van der Waals surface area contributed by atoms with Gasteiger partial charge in [-0.15, -0.1) is 0 Å². The molecule has 2 aromatic heterocycles. The summed E-state index contributed by atoms with van der Waals surface area (Å²) in [6.07, 6.45) is 6.60. The molecule has 0 saturated carbocycles. The molecule has 5 nitrogen and oxygen atoms in total. The summed E-state index contributed by atoms with van der Waals surface area (Å²) in [6.45, 7) is 6.43. The minimum atomic E-state index is -0.131. The molecule has 0 bridgehead atoms. The van der Waals surface area contributed by atoms with Crippen molar-refractivity contribution in [1.29, 1.82) is 0 Å². The Morgan fingerprint density at radius 2 is 2.26 bits per heavy atom. The lowest BCUT2D eigenvalue weighted by Crippen LogP contribution is -2.32. The maximum Gasteiger partial charge on any atom is 0.254 e. The molecule has 3 rings (SSSR count). The highest BCUT2D eigenvalue weighted by Crippen LogP contribution is 2.32. The molecule has 2 aromatic rings. The monoisotopic (exact) mass is 330 g/mol. The molecule has 0 fully saturated rings. The largest absolute Gasteiger partial charge is 0.352 e. The second kappa shape index (κ2) is 5.92. The Labute approximate surface area is 141 Å². The van der Waals surface area contributed by atoms with Crippen LogP contribution in [-0.4, -0.2) is 20.7 Å². The number of amides is 1. The van der Waals surface area contributed by atoms with Gasteiger partial charge in [0.05, 0.1) is 23.3 Å². The molecule has 6 heteroatoms. The van der Waals surface area contributed by atoms with E-state index in [-0.39, 0.29) is 17.5 Å². The maximum atomic E-state index is 12.5. The van der Waals surface area contributed by atoms with E-state index in [1.807, 2.05) is 6.20 Å². The molecule has 1 unspecified atom stereocenters. The van der Waals surface area contributed by atoms with Crippen molar-refractivity contribution < 1.29 is 4.79 Å². The molecular formula is C17H22N4OS. The zero-order chi connectivity index (χ0) is 16.6. The van der Waals surface area contributed by atoms with Crippen LogP contribution in [0.3, 0.4) is 0 Å². The number of carbonyl (C=O) groups excluding carboxylic acids is 1. The van der Waals surface area contributed by atoms with Crippen LogP contribution in [0.4, 0.5) is 0 Å². The van der Waals surface area contributed by atoms with Crippen LogP contribution in [0, 0.1) is 4.64 Å². The van der Waals surface area contributed by atoms with Crippen molar-refractivity contribution in [3.63, 3.8) is 0 Å². The van der Waals surface area contributed by atoms with Gasteiger partial charge in [-0.25, -0.2) is 0 Å². The van der Waals surface area contributed by atoms with E-state index in [9.17, 15) is 4.79 Å². The predicted molar refractivity (Wildman–Crippen MR) is 92.0 cm³/mol. The zero-order valence-electron chi connectivity index (χ0n) is 13.7. The number of nitrogens with zero attached hydrogens (tertiary/aromatic N) is 2. The van der Waals surface area contributed by atoms with Gasteiger partial charge in [-0.05, 0) is 52.2 Å². The Hall–Kier alpha value is -1.95. The predicted octanol–water partition coefficient (Wildman–Crippen LogP) is 3.50. The van der Waals surface area contributed by atoms with Crippen LogP contribution in [0.1, 0.15) is 61.3 Å². The number of rotatable bonds is 2. The van der Waals surface area contributed by atoms with Crippen LogP contribution < -0.4 is 5.32 Å². The second-order valence-corrected chi connectivity index (χ2v) is 7.37. The minimum absolute atomic E-state index is 0.00282. The first kappa shape index (κ1) is 15.9. The lowest BCUT2D eigenvalue weighted by atomic mass is 9.92. The molecule has 0 aromatic carbocycles. The highest BCUT2D eigenvalue weighted by Gasteiger charge is 2.29. The smallest absolute Gasteiger partial charge is 0.254 e. The summed E-state index contributed by atoms with van der Waals surface area (Å²) >= 11 is 5.19. The van der Waals surface area contributed by atoms with Crippen LogP contribution in [-0.2, 0) is 12.0 Å². The number of fused-ring (bicyclic) bond motifs is 1. The van der Waals surface area contributed by atoms with Crippen molar-refractivity contribution in [2.24, 2.45) is 0 Å². The maximum absolute atomic E-state index is 12.5. The standard InChI is InChI=1S/C17H22N4OS/c1-17(2,3)21-14-8-4-7-13(12(14)10-19-21)20-15(22)11-6-5-9-18-16(11)23/h5-6,9-10,13H,4,7-8H2,1-3H3,(H,18,23)(H,20,22). The molecule has 0 aliphatic heterocycles. The van der Waals surface area contributed by atoms with Gasteiger partial charge < -0.3 is 10.3 Å². The van der Waals surface area contributed by atoms with E-state index < -0.39 is 0 Å². The Bertz CT molecular complexity index is 784. The van der Waals surface area contributed by atoms with E-state index in [2.05, 4.69) is 40.9 Å². The summed E-state index contributed by atoms with van der Waals surface area (Å²) in [5.41, 5.74) is 2.82. The number of hydrogen-bond acceptors (Lipinski definition) is 3. The molecule has 1 amide bonds. The molecule has 122 valence electrons.